The molecular weight excluding hydrogens is 522 g/mol. The highest BCUT2D eigenvalue weighted by molar-refractivity contribution is 5.82. The average Bonchev–Trinajstić information content (AvgIpc) is 2.84. The fraction of sp³-hybridized carbons (Fsp3) is 0. The van der Waals surface area contributed by atoms with Crippen molar-refractivity contribution in [3.05, 3.63) is 103 Å². The van der Waals surface area contributed by atoms with E-state index < -0.39 is 75.0 Å². The Hall–Kier alpha value is -6.41. The number of aromatic nitrogens is 1. The highest BCUT2D eigenvalue weighted by Gasteiger charge is 2.32. The Labute approximate surface area is 206 Å². The Morgan fingerprint density at radius 1 is 0.526 bits per heavy atom. The summed E-state index contributed by atoms with van der Waals surface area (Å²) >= 11 is 0. The Morgan fingerprint density at radius 3 is 1.18 bits per heavy atom. The lowest BCUT2D eigenvalue weighted by molar-refractivity contribution is -0.402. The number of nitro groups is 6. The molecule has 3 rings (SSSR count). The van der Waals surface area contributed by atoms with Crippen molar-refractivity contribution in [3.63, 3.8) is 0 Å². The summed E-state index contributed by atoms with van der Waals surface area (Å²) in [4.78, 5) is 64.9. The fourth-order valence-electron chi connectivity index (χ4n) is 3.05. The molecule has 0 atom stereocenters. The third-order valence-electron chi connectivity index (χ3n) is 4.66. The molecule has 1 aromatic heterocycles. The van der Waals surface area contributed by atoms with Gasteiger partial charge in [0.1, 0.15) is 5.82 Å². The van der Waals surface area contributed by atoms with Gasteiger partial charge in [0.05, 0.1) is 65.7 Å². The van der Waals surface area contributed by atoms with Crippen molar-refractivity contribution in [2.24, 2.45) is 0 Å². The van der Waals surface area contributed by atoms with E-state index in [2.05, 4.69) is 15.6 Å². The van der Waals surface area contributed by atoms with E-state index in [0.29, 0.717) is 24.3 Å². The molecule has 0 aliphatic carbocycles. The van der Waals surface area contributed by atoms with Crippen molar-refractivity contribution in [2.45, 2.75) is 0 Å². The molecule has 0 amide bonds. The first-order valence-corrected chi connectivity index (χ1v) is 9.52. The van der Waals surface area contributed by atoms with Crippen LogP contribution in [0.4, 0.5) is 57.0 Å². The number of benzene rings is 2. The first kappa shape index (κ1) is 26.2. The van der Waals surface area contributed by atoms with Crippen molar-refractivity contribution in [1.29, 1.82) is 0 Å². The van der Waals surface area contributed by atoms with E-state index in [1.165, 1.54) is 0 Å². The molecule has 21 heteroatoms. The maximum Gasteiger partial charge on any atom is 0.306 e. The standard InChI is InChI=1S/C17H9N9O12/c27-21(28)9-3-11(23(31)32)16(12(4-9)24(33)34)19-8-1-2-15(18-7-8)20-17-13(25(35)36)5-10(22(29)30)6-14(17)26(37)38/h1-7,19H,(H,18,20). The fourth-order valence-corrected chi connectivity index (χ4v) is 3.05. The van der Waals surface area contributed by atoms with Gasteiger partial charge in [-0.25, -0.2) is 4.98 Å². The predicted octanol–water partition coefficient (Wildman–Crippen LogP) is 4.02. The van der Waals surface area contributed by atoms with Gasteiger partial charge in [0.2, 0.25) is 0 Å². The zero-order valence-corrected chi connectivity index (χ0v) is 18.1. The van der Waals surface area contributed by atoms with Crippen LogP contribution in [0, 0.1) is 60.7 Å². The number of non-ortho nitro benzene ring substituents is 2. The quantitative estimate of drug-likeness (QED) is 0.275. The SMILES string of the molecule is O=[N+]([O-])c1cc([N+](=O)[O-])c(Nc2ccc(Nc3c([N+](=O)[O-])cc([N+](=O)[O-])cc3[N+](=O)[O-])nc2)c([N+](=O)[O-])c1. The molecule has 21 nitrogen and oxygen atoms in total. The van der Waals surface area contributed by atoms with Gasteiger partial charge in [-0.15, -0.1) is 0 Å². The van der Waals surface area contributed by atoms with Gasteiger partial charge in [-0.2, -0.15) is 0 Å². The summed E-state index contributed by atoms with van der Waals surface area (Å²) < 4.78 is 0. The van der Waals surface area contributed by atoms with Crippen LogP contribution in [0.2, 0.25) is 0 Å². The number of pyridine rings is 1. The molecule has 3 aromatic rings. The largest absolute Gasteiger partial charge is 0.343 e. The molecule has 0 saturated carbocycles. The van der Waals surface area contributed by atoms with Gasteiger partial charge >= 0.3 is 22.7 Å². The number of nitrogens with one attached hydrogen (secondary N) is 2. The molecule has 2 aromatic carbocycles. The number of nitrogens with zero attached hydrogens (tertiary/aromatic N) is 7. The second kappa shape index (κ2) is 10.1. The number of rotatable bonds is 10. The maximum atomic E-state index is 11.4. The van der Waals surface area contributed by atoms with Crippen LogP contribution in [0.3, 0.4) is 0 Å². The lowest BCUT2D eigenvalue weighted by atomic mass is 10.2. The van der Waals surface area contributed by atoms with Crippen LogP contribution in [-0.4, -0.2) is 34.5 Å². The Bertz CT molecular complexity index is 1360. The van der Waals surface area contributed by atoms with Crippen molar-refractivity contribution in [1.82, 2.24) is 4.98 Å². The van der Waals surface area contributed by atoms with Crippen molar-refractivity contribution >= 4 is 57.0 Å². The van der Waals surface area contributed by atoms with E-state index >= 15 is 0 Å². The predicted molar refractivity (Wildman–Crippen MR) is 124 cm³/mol. The molecule has 38 heavy (non-hydrogen) atoms. The number of anilines is 4. The van der Waals surface area contributed by atoms with Crippen molar-refractivity contribution < 1.29 is 29.5 Å². The first-order valence-electron chi connectivity index (χ1n) is 9.52. The summed E-state index contributed by atoms with van der Waals surface area (Å²) in [7, 11) is 0. The smallest absolute Gasteiger partial charge is 0.306 e. The van der Waals surface area contributed by atoms with Crippen LogP contribution in [0.1, 0.15) is 0 Å². The zero-order valence-electron chi connectivity index (χ0n) is 18.1. The Kier molecular flexibility index (Phi) is 6.94. The summed E-state index contributed by atoms with van der Waals surface area (Å²) in [5.41, 5.74) is -7.39. The molecule has 0 radical (unpaired) electrons. The zero-order chi connectivity index (χ0) is 28.3. The summed E-state index contributed by atoms with van der Waals surface area (Å²) in [6.45, 7) is 0. The van der Waals surface area contributed by atoms with Crippen molar-refractivity contribution in [3.8, 4) is 0 Å². The van der Waals surface area contributed by atoms with E-state index in [0.717, 1.165) is 18.3 Å². The maximum absolute atomic E-state index is 11.4. The second-order valence-corrected chi connectivity index (χ2v) is 6.94. The molecule has 1 heterocycles. The van der Waals surface area contributed by atoms with Crippen LogP contribution in [0.25, 0.3) is 0 Å². The molecule has 0 spiro atoms. The second-order valence-electron chi connectivity index (χ2n) is 6.94. The average molecular weight is 531 g/mol. The third-order valence-corrected chi connectivity index (χ3v) is 4.66. The van der Waals surface area contributed by atoms with Crippen LogP contribution in [0.5, 0.6) is 0 Å². The highest BCUT2D eigenvalue weighted by Crippen LogP contribution is 2.41. The molecule has 0 unspecified atom stereocenters. The van der Waals surface area contributed by atoms with Gasteiger partial charge in [-0.05, 0) is 12.1 Å². The van der Waals surface area contributed by atoms with Gasteiger partial charge in [0.25, 0.3) is 11.4 Å². The summed E-state index contributed by atoms with van der Waals surface area (Å²) in [6.07, 6.45) is 0.931. The monoisotopic (exact) mass is 531 g/mol. The number of hydrogen-bond acceptors (Lipinski definition) is 15. The van der Waals surface area contributed by atoms with E-state index in [1.54, 1.807) is 0 Å². The number of hydrogen-bond donors (Lipinski definition) is 2. The minimum Gasteiger partial charge on any atom is -0.343 e. The Balaban J connectivity index is 2.02. The van der Waals surface area contributed by atoms with Crippen LogP contribution < -0.4 is 10.6 Å². The molecule has 0 bridgehead atoms. The topological polar surface area (TPSA) is 296 Å². The highest BCUT2D eigenvalue weighted by atomic mass is 16.6. The minimum absolute atomic E-state index is 0.122. The van der Waals surface area contributed by atoms with Gasteiger partial charge in [-0.3, -0.25) is 60.7 Å². The molecule has 194 valence electrons. The first-order chi connectivity index (χ1) is 17.8. The summed E-state index contributed by atoms with van der Waals surface area (Å²) in [5.74, 6) is -0.261. The van der Waals surface area contributed by atoms with E-state index in [4.69, 9.17) is 0 Å². The molecule has 0 saturated heterocycles. The van der Waals surface area contributed by atoms with Gasteiger partial charge < -0.3 is 10.6 Å². The van der Waals surface area contributed by atoms with Crippen LogP contribution in [-0.2, 0) is 0 Å². The normalized spacial score (nSPS) is 10.3. The summed E-state index contributed by atoms with van der Waals surface area (Å²) in [6, 6.07) is 4.20. The number of nitro benzene ring substituents is 6. The third kappa shape index (κ3) is 5.29. The Morgan fingerprint density at radius 2 is 0.895 bits per heavy atom. The van der Waals surface area contributed by atoms with E-state index in [-0.39, 0.29) is 11.5 Å². The molecule has 0 aliphatic rings. The van der Waals surface area contributed by atoms with E-state index in [9.17, 15) is 60.7 Å². The van der Waals surface area contributed by atoms with Gasteiger partial charge in [0.15, 0.2) is 11.4 Å². The molecule has 2 N–H and O–H groups in total. The van der Waals surface area contributed by atoms with Gasteiger partial charge in [0, 0.05) is 0 Å². The molecular formula is C17H9N9O12. The lowest BCUT2D eigenvalue weighted by Gasteiger charge is -2.10. The molecule has 0 fully saturated rings. The lowest BCUT2D eigenvalue weighted by Crippen LogP contribution is -2.05. The minimum atomic E-state index is -1.09. The summed E-state index contributed by atoms with van der Waals surface area (Å²) in [5, 5.41) is 72.2. The van der Waals surface area contributed by atoms with E-state index in [1.807, 2.05) is 0 Å². The van der Waals surface area contributed by atoms with Crippen LogP contribution in [0.15, 0.2) is 42.6 Å². The molecule has 0 aliphatic heterocycles. The van der Waals surface area contributed by atoms with Gasteiger partial charge in [-0.1, -0.05) is 0 Å². The van der Waals surface area contributed by atoms with Crippen LogP contribution >= 0.6 is 0 Å². The van der Waals surface area contributed by atoms with Crippen molar-refractivity contribution in [2.75, 3.05) is 10.6 Å².